The van der Waals surface area contributed by atoms with Crippen molar-refractivity contribution >= 4 is 45.7 Å². The molecule has 7 heteroatoms. The lowest BCUT2D eigenvalue weighted by Gasteiger charge is -2.31. The molecule has 1 unspecified atom stereocenters. The first-order valence-electron chi connectivity index (χ1n) is 11.7. The Bertz CT molecular complexity index is 1720. The molecule has 0 N–H and O–H groups in total. The van der Waals surface area contributed by atoms with Crippen LogP contribution in [0.5, 0.6) is 11.5 Å². The van der Waals surface area contributed by atoms with Gasteiger partial charge in [-0.1, -0.05) is 65.9 Å². The van der Waals surface area contributed by atoms with Crippen molar-refractivity contribution in [2.24, 2.45) is 4.99 Å². The van der Waals surface area contributed by atoms with Crippen molar-refractivity contribution in [3.8, 4) is 11.5 Å². The van der Waals surface area contributed by atoms with E-state index in [9.17, 15) is 4.79 Å². The standard InChI is InChI=1S/C29H23IN2O3S/c1-34-23-13-7-11-21(27(23)35-2)26-20-15-14-17-8-3-5-10-19(17)25(20)31-29-32(26)28(33)24(36-29)16-18-9-4-6-12-22(18)30/h3-13,16,26H,14-15H2,1-2H3. The zero-order valence-corrected chi connectivity index (χ0v) is 22.8. The number of thiazole rings is 1. The number of aryl methyl sites for hydroxylation is 1. The maximum Gasteiger partial charge on any atom is 0.271 e. The van der Waals surface area contributed by atoms with E-state index < -0.39 is 0 Å². The normalized spacial score (nSPS) is 16.6. The molecule has 2 heterocycles. The Morgan fingerprint density at radius 1 is 1.00 bits per heavy atom. The van der Waals surface area contributed by atoms with Gasteiger partial charge in [-0.05, 0) is 70.3 Å². The van der Waals surface area contributed by atoms with E-state index in [-0.39, 0.29) is 11.6 Å². The van der Waals surface area contributed by atoms with Crippen molar-refractivity contribution in [1.29, 1.82) is 0 Å². The number of allylic oxidation sites excluding steroid dienone is 1. The molecule has 1 atom stereocenters. The molecule has 5 nitrogen and oxygen atoms in total. The molecule has 1 aromatic heterocycles. The lowest BCUT2D eigenvalue weighted by molar-refractivity contribution is 0.348. The van der Waals surface area contributed by atoms with Crippen molar-refractivity contribution in [2.45, 2.75) is 18.9 Å². The average molecular weight is 606 g/mol. The van der Waals surface area contributed by atoms with E-state index in [0.29, 0.717) is 20.8 Å². The molecule has 3 aromatic carbocycles. The molecule has 36 heavy (non-hydrogen) atoms. The first kappa shape index (κ1) is 23.2. The van der Waals surface area contributed by atoms with Gasteiger partial charge in [-0.15, -0.1) is 0 Å². The molecule has 0 amide bonds. The van der Waals surface area contributed by atoms with Gasteiger partial charge in [0.05, 0.1) is 30.5 Å². The summed E-state index contributed by atoms with van der Waals surface area (Å²) in [5.74, 6) is 1.29. The smallest absolute Gasteiger partial charge is 0.271 e. The highest BCUT2D eigenvalue weighted by molar-refractivity contribution is 14.1. The molecule has 0 radical (unpaired) electrons. The minimum Gasteiger partial charge on any atom is -0.493 e. The number of methoxy groups -OCH3 is 2. The van der Waals surface area contributed by atoms with Gasteiger partial charge in [0.2, 0.25) is 0 Å². The number of nitrogens with zero attached hydrogens (tertiary/aromatic N) is 2. The highest BCUT2D eigenvalue weighted by Crippen LogP contribution is 2.45. The maximum absolute atomic E-state index is 14.0. The van der Waals surface area contributed by atoms with E-state index in [1.54, 1.807) is 14.2 Å². The van der Waals surface area contributed by atoms with Crippen LogP contribution >= 0.6 is 33.9 Å². The molecular formula is C29H23IN2O3S. The number of benzene rings is 3. The van der Waals surface area contributed by atoms with E-state index in [2.05, 4.69) is 46.9 Å². The third-order valence-electron chi connectivity index (χ3n) is 6.79. The third kappa shape index (κ3) is 3.72. The second-order valence-electron chi connectivity index (χ2n) is 8.72. The van der Waals surface area contributed by atoms with Gasteiger partial charge in [-0.25, -0.2) is 4.99 Å². The number of ether oxygens (including phenoxy) is 2. The summed E-state index contributed by atoms with van der Waals surface area (Å²) in [4.78, 5) is 19.8. The molecule has 1 aliphatic heterocycles. The van der Waals surface area contributed by atoms with Crippen molar-refractivity contribution in [2.75, 3.05) is 14.2 Å². The monoisotopic (exact) mass is 606 g/mol. The molecule has 0 fully saturated rings. The quantitative estimate of drug-likeness (QED) is 0.310. The average Bonchev–Trinajstić information content (AvgIpc) is 3.22. The summed E-state index contributed by atoms with van der Waals surface area (Å²) < 4.78 is 15.1. The van der Waals surface area contributed by atoms with Gasteiger partial charge in [0, 0.05) is 14.7 Å². The van der Waals surface area contributed by atoms with Gasteiger partial charge in [0.15, 0.2) is 16.3 Å². The van der Waals surface area contributed by atoms with Crippen LogP contribution in [0.4, 0.5) is 0 Å². The number of rotatable bonds is 4. The summed E-state index contributed by atoms with van der Waals surface area (Å²) >= 11 is 3.74. The number of hydrogen-bond acceptors (Lipinski definition) is 5. The van der Waals surface area contributed by atoms with E-state index in [4.69, 9.17) is 14.5 Å². The topological polar surface area (TPSA) is 52.8 Å². The molecule has 0 bridgehead atoms. The summed E-state index contributed by atoms with van der Waals surface area (Å²) in [5, 5.41) is 0. The van der Waals surface area contributed by atoms with Crippen molar-refractivity contribution < 1.29 is 9.47 Å². The fourth-order valence-corrected chi connectivity index (χ4v) is 6.69. The fraction of sp³-hybridized carbons (Fsp3) is 0.172. The number of para-hydroxylation sites is 1. The second-order valence-corrected chi connectivity index (χ2v) is 10.9. The SMILES string of the molecule is COc1cccc(C2C3=C(N=c4sc(=Cc5ccccc5I)c(=O)n42)c2ccccc2CC3)c1OC. The van der Waals surface area contributed by atoms with E-state index >= 15 is 0 Å². The number of halogens is 1. The highest BCUT2D eigenvalue weighted by atomic mass is 127. The van der Waals surface area contributed by atoms with Gasteiger partial charge < -0.3 is 9.47 Å². The van der Waals surface area contributed by atoms with Crippen molar-refractivity contribution in [3.63, 3.8) is 0 Å². The summed E-state index contributed by atoms with van der Waals surface area (Å²) in [6.45, 7) is 0. The van der Waals surface area contributed by atoms with E-state index in [1.807, 2.05) is 53.1 Å². The predicted molar refractivity (Wildman–Crippen MR) is 151 cm³/mol. The van der Waals surface area contributed by atoms with Gasteiger partial charge in [-0.3, -0.25) is 9.36 Å². The minimum atomic E-state index is -0.327. The van der Waals surface area contributed by atoms with Crippen LogP contribution in [-0.2, 0) is 6.42 Å². The molecule has 4 aromatic rings. The first-order valence-corrected chi connectivity index (χ1v) is 13.6. The lowest BCUT2D eigenvalue weighted by atomic mass is 9.83. The van der Waals surface area contributed by atoms with E-state index in [1.165, 1.54) is 16.9 Å². The Kier molecular flexibility index (Phi) is 6.05. The van der Waals surface area contributed by atoms with Gasteiger partial charge in [-0.2, -0.15) is 0 Å². The van der Waals surface area contributed by atoms with E-state index in [0.717, 1.165) is 44.4 Å². The molecule has 180 valence electrons. The van der Waals surface area contributed by atoms with Crippen LogP contribution in [0, 0.1) is 3.57 Å². The molecule has 2 aliphatic rings. The Morgan fingerprint density at radius 2 is 1.81 bits per heavy atom. The van der Waals surface area contributed by atoms with Crippen LogP contribution in [0.15, 0.2) is 82.1 Å². The van der Waals surface area contributed by atoms with Crippen LogP contribution in [0.25, 0.3) is 11.8 Å². The summed E-state index contributed by atoms with van der Waals surface area (Å²) in [5.41, 5.74) is 6.41. The molecule has 6 rings (SSSR count). The first-order chi connectivity index (χ1) is 17.6. The molecule has 0 saturated carbocycles. The second kappa shape index (κ2) is 9.37. The van der Waals surface area contributed by atoms with Crippen LogP contribution in [0.1, 0.15) is 34.7 Å². The maximum atomic E-state index is 14.0. The van der Waals surface area contributed by atoms with Crippen molar-refractivity contribution in [1.82, 2.24) is 4.57 Å². The van der Waals surface area contributed by atoms with Crippen LogP contribution in [0.2, 0.25) is 0 Å². The van der Waals surface area contributed by atoms with Crippen LogP contribution < -0.4 is 24.4 Å². The fourth-order valence-electron chi connectivity index (χ4n) is 5.16. The summed E-state index contributed by atoms with van der Waals surface area (Å²) in [6, 6.07) is 22.0. The van der Waals surface area contributed by atoms with Crippen molar-refractivity contribution in [3.05, 3.63) is 118 Å². The molecular weight excluding hydrogens is 583 g/mol. The largest absolute Gasteiger partial charge is 0.493 e. The predicted octanol–water partition coefficient (Wildman–Crippen LogP) is 4.94. The zero-order chi connectivity index (χ0) is 24.8. The Hall–Kier alpha value is -3.17. The zero-order valence-electron chi connectivity index (χ0n) is 19.8. The third-order valence-corrected chi connectivity index (χ3v) is 8.76. The number of aromatic nitrogens is 1. The molecule has 0 spiro atoms. The van der Waals surface area contributed by atoms with Gasteiger partial charge in [0.1, 0.15) is 0 Å². The Morgan fingerprint density at radius 3 is 2.61 bits per heavy atom. The molecule has 1 aliphatic carbocycles. The molecule has 0 saturated heterocycles. The van der Waals surface area contributed by atoms with Crippen LogP contribution in [0.3, 0.4) is 0 Å². The Labute approximate surface area is 226 Å². The van der Waals surface area contributed by atoms with Gasteiger partial charge in [0.25, 0.3) is 5.56 Å². The lowest BCUT2D eigenvalue weighted by Crippen LogP contribution is -2.39. The summed E-state index contributed by atoms with van der Waals surface area (Å²) in [7, 11) is 3.28. The Balaban J connectivity index is 1.67. The van der Waals surface area contributed by atoms with Crippen LogP contribution in [-0.4, -0.2) is 18.8 Å². The van der Waals surface area contributed by atoms with Gasteiger partial charge >= 0.3 is 0 Å². The minimum absolute atomic E-state index is 0.0429. The highest BCUT2D eigenvalue weighted by Gasteiger charge is 2.34. The number of hydrogen-bond donors (Lipinski definition) is 0. The number of fused-ring (bicyclic) bond motifs is 3. The summed E-state index contributed by atoms with van der Waals surface area (Å²) in [6.07, 6.45) is 3.70.